The Balaban J connectivity index is 2.02. The van der Waals surface area contributed by atoms with E-state index in [1.54, 1.807) is 31.2 Å². The van der Waals surface area contributed by atoms with E-state index < -0.39 is 29.9 Å². The number of amides is 2. The van der Waals surface area contributed by atoms with Crippen molar-refractivity contribution in [2.24, 2.45) is 0 Å². The van der Waals surface area contributed by atoms with Crippen LogP contribution in [-0.4, -0.2) is 33.0 Å². The number of rotatable bonds is 5. The average molecular weight is 432 g/mol. The Morgan fingerprint density at radius 3 is 2.47 bits per heavy atom. The number of aromatic amines is 1. The fraction of sp³-hybridized carbons (Fsp3) is 0.190. The molecule has 9 heteroatoms. The number of aliphatic carboxylic acids is 1. The molecule has 1 aromatic heterocycles. The number of nitrogens with one attached hydrogen (secondary N) is 2. The molecule has 0 radical (unpaired) electrons. The third-order valence-corrected chi connectivity index (χ3v) is 5.18. The number of anilines is 1. The molecule has 2 atom stereocenters. The van der Waals surface area contributed by atoms with Gasteiger partial charge >= 0.3 is 12.0 Å². The van der Waals surface area contributed by atoms with E-state index in [0.29, 0.717) is 16.3 Å². The van der Waals surface area contributed by atoms with E-state index >= 15 is 0 Å². The van der Waals surface area contributed by atoms with Crippen molar-refractivity contribution in [2.45, 2.75) is 25.9 Å². The first-order valence-electron chi connectivity index (χ1n) is 9.08. The van der Waals surface area contributed by atoms with Crippen molar-refractivity contribution in [1.29, 1.82) is 0 Å². The molecule has 2 aromatic carbocycles. The highest BCUT2D eigenvalue weighted by Crippen LogP contribution is 2.29. The van der Waals surface area contributed by atoms with Gasteiger partial charge in [0.05, 0.1) is 11.1 Å². The number of fused-ring (bicyclic) bond motifs is 1. The quantitative estimate of drug-likeness (QED) is 0.557. The van der Waals surface area contributed by atoms with Crippen molar-refractivity contribution < 1.29 is 19.1 Å². The summed E-state index contributed by atoms with van der Waals surface area (Å²) in [7, 11) is 0. The van der Waals surface area contributed by atoms with E-state index in [-0.39, 0.29) is 16.3 Å². The second-order valence-electron chi connectivity index (χ2n) is 6.78. The lowest BCUT2D eigenvalue weighted by Gasteiger charge is -2.33. The fourth-order valence-electron chi connectivity index (χ4n) is 3.30. The van der Waals surface area contributed by atoms with Crippen molar-refractivity contribution in [1.82, 2.24) is 9.88 Å². The minimum atomic E-state index is -1.21. The van der Waals surface area contributed by atoms with Crippen LogP contribution in [0, 0.1) is 5.82 Å². The first-order valence-corrected chi connectivity index (χ1v) is 9.46. The monoisotopic (exact) mass is 431 g/mol. The second-order valence-corrected chi connectivity index (χ2v) is 7.18. The average Bonchev–Trinajstić information content (AvgIpc) is 2.71. The molecular formula is C21H19ClFN3O4. The van der Waals surface area contributed by atoms with Gasteiger partial charge in [0, 0.05) is 17.3 Å². The predicted octanol–water partition coefficient (Wildman–Crippen LogP) is 4.39. The van der Waals surface area contributed by atoms with E-state index in [4.69, 9.17) is 11.6 Å². The van der Waals surface area contributed by atoms with Crippen molar-refractivity contribution in [3.8, 4) is 0 Å². The number of aromatic nitrogens is 1. The number of H-pyrrole nitrogens is 1. The summed E-state index contributed by atoms with van der Waals surface area (Å²) in [4.78, 5) is 40.6. The van der Waals surface area contributed by atoms with Crippen LogP contribution in [0.4, 0.5) is 14.9 Å². The van der Waals surface area contributed by atoms with E-state index in [0.717, 1.165) is 11.0 Å². The minimum Gasteiger partial charge on any atom is -0.480 e. The number of carboxylic acids is 1. The topological polar surface area (TPSA) is 102 Å². The van der Waals surface area contributed by atoms with Gasteiger partial charge < -0.3 is 20.3 Å². The fourth-order valence-corrected chi connectivity index (χ4v) is 3.48. The number of carboxylic acid groups (broad SMARTS) is 1. The Bertz CT molecular complexity index is 1180. The number of carbonyl (C=O) groups excluding carboxylic acids is 1. The highest BCUT2D eigenvalue weighted by molar-refractivity contribution is 6.31. The zero-order valence-corrected chi connectivity index (χ0v) is 16.9. The normalized spacial score (nSPS) is 12.9. The zero-order chi connectivity index (χ0) is 22.0. The molecule has 3 rings (SSSR count). The van der Waals surface area contributed by atoms with Gasteiger partial charge in [-0.3, -0.25) is 4.79 Å². The summed E-state index contributed by atoms with van der Waals surface area (Å²) in [6.07, 6.45) is 1.47. The van der Waals surface area contributed by atoms with Gasteiger partial charge in [-0.15, -0.1) is 0 Å². The molecule has 0 bridgehead atoms. The van der Waals surface area contributed by atoms with Gasteiger partial charge in [0.1, 0.15) is 11.9 Å². The predicted molar refractivity (Wildman–Crippen MR) is 112 cm³/mol. The van der Waals surface area contributed by atoms with Gasteiger partial charge in [0.15, 0.2) is 0 Å². The molecule has 0 aliphatic rings. The van der Waals surface area contributed by atoms with Gasteiger partial charge in [-0.05, 0) is 49.1 Å². The van der Waals surface area contributed by atoms with E-state index in [9.17, 15) is 23.9 Å². The van der Waals surface area contributed by atoms with E-state index in [1.807, 2.05) is 0 Å². The Labute approximate surface area is 176 Å². The van der Waals surface area contributed by atoms with E-state index in [2.05, 4.69) is 10.3 Å². The Morgan fingerprint density at radius 2 is 1.83 bits per heavy atom. The lowest BCUT2D eigenvalue weighted by molar-refractivity contribution is -0.142. The maximum atomic E-state index is 13.4. The summed E-state index contributed by atoms with van der Waals surface area (Å²) in [5, 5.41) is 13.0. The summed E-state index contributed by atoms with van der Waals surface area (Å²) < 4.78 is 13.4. The van der Waals surface area contributed by atoms with Crippen molar-refractivity contribution in [3.63, 3.8) is 0 Å². The summed E-state index contributed by atoms with van der Waals surface area (Å²) >= 11 is 5.76. The van der Waals surface area contributed by atoms with Gasteiger partial charge in [0.2, 0.25) is 0 Å². The third-order valence-electron chi connectivity index (χ3n) is 4.89. The number of urea groups is 1. The molecule has 0 spiro atoms. The smallest absolute Gasteiger partial charge is 0.326 e. The van der Waals surface area contributed by atoms with Crippen LogP contribution in [0.3, 0.4) is 0 Å². The van der Waals surface area contributed by atoms with Crippen molar-refractivity contribution in [2.75, 3.05) is 5.32 Å². The number of hydrogen-bond acceptors (Lipinski definition) is 3. The number of halogens is 2. The molecule has 0 fully saturated rings. The van der Waals surface area contributed by atoms with Gasteiger partial charge in [-0.2, -0.15) is 0 Å². The zero-order valence-electron chi connectivity index (χ0n) is 16.1. The Morgan fingerprint density at radius 1 is 1.17 bits per heavy atom. The molecule has 156 valence electrons. The number of benzene rings is 2. The molecule has 0 aliphatic heterocycles. The Kier molecular flexibility index (Phi) is 6.07. The molecule has 3 N–H and O–H groups in total. The van der Waals surface area contributed by atoms with Gasteiger partial charge in [0.25, 0.3) is 5.56 Å². The maximum absolute atomic E-state index is 13.4. The molecule has 0 aliphatic carbocycles. The molecule has 0 saturated heterocycles. The van der Waals surface area contributed by atoms with Crippen LogP contribution in [0.25, 0.3) is 10.8 Å². The number of carbonyl (C=O) groups is 2. The maximum Gasteiger partial charge on any atom is 0.326 e. The highest BCUT2D eigenvalue weighted by Gasteiger charge is 2.32. The number of nitrogens with zero attached hydrogens (tertiary/aromatic N) is 1. The molecule has 3 aromatic rings. The molecule has 1 heterocycles. The Hall–Kier alpha value is -3.39. The molecule has 30 heavy (non-hydrogen) atoms. The third kappa shape index (κ3) is 4.13. The SMILES string of the molecule is CC(C(=O)O)N(C(=O)Nc1ccc(F)c(Cl)c1)C(C)c1c[nH]c(=O)c2ccccc12. The van der Waals surface area contributed by atoms with Crippen LogP contribution in [0.15, 0.2) is 53.5 Å². The van der Waals surface area contributed by atoms with Crippen molar-refractivity contribution >= 4 is 40.1 Å². The van der Waals surface area contributed by atoms with Crippen LogP contribution < -0.4 is 10.9 Å². The molecule has 2 unspecified atom stereocenters. The first-order chi connectivity index (χ1) is 14.2. The highest BCUT2D eigenvalue weighted by atomic mass is 35.5. The molecule has 0 saturated carbocycles. The molecule has 7 nitrogen and oxygen atoms in total. The first kappa shape index (κ1) is 21.3. The lowest BCUT2D eigenvalue weighted by Crippen LogP contribution is -2.47. The number of pyridine rings is 1. The molecule has 2 amide bonds. The van der Waals surface area contributed by atoms with Gasteiger partial charge in [-0.25, -0.2) is 14.0 Å². The number of hydrogen-bond donors (Lipinski definition) is 3. The van der Waals surface area contributed by atoms with Crippen LogP contribution in [0.1, 0.15) is 25.5 Å². The summed E-state index contributed by atoms with van der Waals surface area (Å²) in [6, 6.07) is 7.89. The van der Waals surface area contributed by atoms with Crippen LogP contribution in [0.5, 0.6) is 0 Å². The minimum absolute atomic E-state index is 0.176. The largest absolute Gasteiger partial charge is 0.480 e. The van der Waals surface area contributed by atoms with E-state index in [1.165, 1.54) is 25.3 Å². The van der Waals surface area contributed by atoms with Gasteiger partial charge in [-0.1, -0.05) is 29.8 Å². The molecular weight excluding hydrogens is 413 g/mol. The van der Waals surface area contributed by atoms with Crippen LogP contribution in [-0.2, 0) is 4.79 Å². The standard InChI is InChI=1S/C21H19ClFN3O4/c1-11(16-10-24-19(27)15-6-4-3-5-14(15)16)26(12(2)20(28)29)21(30)25-13-7-8-18(23)17(22)9-13/h3-12H,1-2H3,(H,24,27)(H,25,30)(H,28,29). The summed E-state index contributed by atoms with van der Waals surface area (Å²) in [6.45, 7) is 3.04. The van der Waals surface area contributed by atoms with Crippen LogP contribution in [0.2, 0.25) is 5.02 Å². The summed E-state index contributed by atoms with van der Waals surface area (Å²) in [5.74, 6) is -1.85. The van der Waals surface area contributed by atoms with Crippen molar-refractivity contribution in [3.05, 3.63) is 75.4 Å². The van der Waals surface area contributed by atoms with Crippen LogP contribution >= 0.6 is 11.6 Å². The lowest BCUT2D eigenvalue weighted by atomic mass is 10.0. The second kappa shape index (κ2) is 8.54. The summed E-state index contributed by atoms with van der Waals surface area (Å²) in [5.41, 5.74) is 0.503.